The third kappa shape index (κ3) is 3.86. The highest BCUT2D eigenvalue weighted by molar-refractivity contribution is 5.76. The van der Waals surface area contributed by atoms with Crippen molar-refractivity contribution in [2.75, 3.05) is 31.6 Å². The van der Waals surface area contributed by atoms with Crippen LogP contribution >= 0.6 is 0 Å². The molecule has 0 spiro atoms. The average Bonchev–Trinajstić information content (AvgIpc) is 2.45. The number of carbonyl (C=O) groups excluding carboxylic acids is 1. The van der Waals surface area contributed by atoms with Crippen molar-refractivity contribution in [3.05, 3.63) is 17.8 Å². The van der Waals surface area contributed by atoms with Crippen molar-refractivity contribution in [3.8, 4) is 0 Å². The maximum atomic E-state index is 11.5. The number of amides is 1. The molecule has 1 atom stereocenters. The first kappa shape index (κ1) is 17.1. The van der Waals surface area contributed by atoms with Crippen LogP contribution in [0.5, 0.6) is 0 Å². The van der Waals surface area contributed by atoms with Gasteiger partial charge in [-0.05, 0) is 32.0 Å². The van der Waals surface area contributed by atoms with Gasteiger partial charge in [0.05, 0.1) is 5.69 Å². The van der Waals surface area contributed by atoms with Crippen LogP contribution < -0.4 is 10.2 Å². The summed E-state index contributed by atoms with van der Waals surface area (Å²) in [5.41, 5.74) is 1.06. The molecule has 0 radical (unpaired) electrons. The van der Waals surface area contributed by atoms with Crippen LogP contribution in [0, 0.1) is 0 Å². The minimum Gasteiger partial charge on any atom is -0.352 e. The number of aromatic nitrogens is 2. The fourth-order valence-corrected chi connectivity index (χ4v) is 3.33. The molecular formula is C18H29N5O. The average molecular weight is 331 g/mol. The lowest BCUT2D eigenvalue weighted by molar-refractivity contribution is -0.123. The summed E-state index contributed by atoms with van der Waals surface area (Å²) in [6.07, 6.45) is 2.78. The molecule has 6 heteroatoms. The topological polar surface area (TPSA) is 61.4 Å². The molecule has 0 bridgehead atoms. The van der Waals surface area contributed by atoms with Crippen LogP contribution in [0.4, 0.5) is 5.82 Å². The molecule has 132 valence electrons. The molecule has 1 amide bonds. The molecule has 0 saturated carbocycles. The van der Waals surface area contributed by atoms with Crippen molar-refractivity contribution < 1.29 is 4.79 Å². The Morgan fingerprint density at radius 2 is 2.04 bits per heavy atom. The van der Waals surface area contributed by atoms with E-state index >= 15 is 0 Å². The Bertz CT molecular complexity index is 574. The number of nitrogens with one attached hydrogen (secondary N) is 1. The van der Waals surface area contributed by atoms with E-state index in [-0.39, 0.29) is 11.3 Å². The number of hydrogen-bond acceptors (Lipinski definition) is 5. The van der Waals surface area contributed by atoms with Crippen molar-refractivity contribution in [2.45, 2.75) is 57.5 Å². The summed E-state index contributed by atoms with van der Waals surface area (Å²) in [6.45, 7) is 9.32. The summed E-state index contributed by atoms with van der Waals surface area (Å²) in [5.74, 6) is 1.16. The quantitative estimate of drug-likeness (QED) is 0.907. The van der Waals surface area contributed by atoms with Crippen LogP contribution in [-0.2, 0) is 10.2 Å². The van der Waals surface area contributed by atoms with E-state index in [1.54, 1.807) is 0 Å². The normalized spacial score (nSPS) is 22.5. The number of carbonyl (C=O) groups is 1. The first-order chi connectivity index (χ1) is 11.3. The first-order valence-electron chi connectivity index (χ1n) is 8.91. The van der Waals surface area contributed by atoms with Gasteiger partial charge in [0.1, 0.15) is 0 Å². The number of piperidine rings is 1. The van der Waals surface area contributed by atoms with E-state index in [1.165, 1.54) is 0 Å². The van der Waals surface area contributed by atoms with Crippen molar-refractivity contribution >= 4 is 11.7 Å². The van der Waals surface area contributed by atoms with Gasteiger partial charge in [0.25, 0.3) is 0 Å². The summed E-state index contributed by atoms with van der Waals surface area (Å²) in [5, 5.41) is 11.9. The molecule has 1 N–H and O–H groups in total. The first-order valence-corrected chi connectivity index (χ1v) is 8.91. The van der Waals surface area contributed by atoms with Crippen molar-refractivity contribution in [1.29, 1.82) is 0 Å². The number of nitrogens with zero attached hydrogens (tertiary/aromatic N) is 4. The van der Waals surface area contributed by atoms with Crippen LogP contribution in [0.15, 0.2) is 12.1 Å². The summed E-state index contributed by atoms with van der Waals surface area (Å²) in [6, 6.07) is 4.98. The maximum absolute atomic E-state index is 11.5. The summed E-state index contributed by atoms with van der Waals surface area (Å²) >= 11 is 0. The summed E-state index contributed by atoms with van der Waals surface area (Å²) < 4.78 is 0. The van der Waals surface area contributed by atoms with Gasteiger partial charge in [-0.3, -0.25) is 9.69 Å². The lowest BCUT2D eigenvalue weighted by Gasteiger charge is -2.45. The number of hydrogen-bond donors (Lipinski definition) is 1. The van der Waals surface area contributed by atoms with Crippen molar-refractivity contribution in [2.24, 2.45) is 0 Å². The van der Waals surface area contributed by atoms with Gasteiger partial charge in [-0.1, -0.05) is 20.8 Å². The van der Waals surface area contributed by atoms with Gasteiger partial charge < -0.3 is 10.2 Å². The number of rotatable bonds is 4. The van der Waals surface area contributed by atoms with Gasteiger partial charge in [-0.15, -0.1) is 5.10 Å². The molecule has 3 rings (SSSR count). The minimum atomic E-state index is 0.0354. The highest BCUT2D eigenvalue weighted by Crippen LogP contribution is 2.24. The van der Waals surface area contributed by atoms with Gasteiger partial charge in [0.15, 0.2) is 5.82 Å². The van der Waals surface area contributed by atoms with Gasteiger partial charge in [0.2, 0.25) is 5.91 Å². The fraction of sp³-hybridized carbons (Fsp3) is 0.722. The second-order valence-electron chi connectivity index (χ2n) is 8.18. The Balaban J connectivity index is 1.49. The molecule has 3 heterocycles. The Labute approximate surface area is 144 Å². The van der Waals surface area contributed by atoms with E-state index in [9.17, 15) is 4.79 Å². The predicted octanol–water partition coefficient (Wildman–Crippen LogP) is 1.56. The fourth-order valence-electron chi connectivity index (χ4n) is 3.33. The second-order valence-corrected chi connectivity index (χ2v) is 8.18. The number of anilines is 1. The SMILES string of the molecule is CN(CC1CCCC(=O)N1)C1CN(c2ccc(C(C)(C)C)nn2)C1. The van der Waals surface area contributed by atoms with Gasteiger partial charge in [-0.2, -0.15) is 5.10 Å². The Hall–Kier alpha value is -1.69. The zero-order valence-corrected chi connectivity index (χ0v) is 15.2. The molecule has 1 unspecified atom stereocenters. The monoisotopic (exact) mass is 331 g/mol. The minimum absolute atomic E-state index is 0.0354. The third-order valence-corrected chi connectivity index (χ3v) is 5.06. The number of likely N-dealkylation sites (N-methyl/N-ethyl adjacent to an activating group) is 1. The van der Waals surface area contributed by atoms with E-state index in [4.69, 9.17) is 0 Å². The lowest BCUT2D eigenvalue weighted by Crippen LogP contribution is -2.61. The van der Waals surface area contributed by atoms with Crippen LogP contribution in [0.25, 0.3) is 0 Å². The molecule has 6 nitrogen and oxygen atoms in total. The molecule has 2 aliphatic rings. The van der Waals surface area contributed by atoms with E-state index < -0.39 is 0 Å². The Morgan fingerprint density at radius 1 is 1.29 bits per heavy atom. The molecule has 0 aliphatic carbocycles. The zero-order valence-electron chi connectivity index (χ0n) is 15.2. The van der Waals surface area contributed by atoms with Crippen molar-refractivity contribution in [1.82, 2.24) is 20.4 Å². The predicted molar refractivity (Wildman–Crippen MR) is 95.1 cm³/mol. The molecule has 2 saturated heterocycles. The summed E-state index contributed by atoms with van der Waals surface area (Å²) in [4.78, 5) is 16.1. The molecule has 2 fully saturated rings. The standard InChI is InChI=1S/C18H29N5O/c1-18(2,3)15-8-9-16(21-20-15)23-11-14(12-23)22(4)10-13-6-5-7-17(24)19-13/h8-9,13-14H,5-7,10-12H2,1-4H3,(H,19,24). The smallest absolute Gasteiger partial charge is 0.220 e. The summed E-state index contributed by atoms with van der Waals surface area (Å²) in [7, 11) is 2.15. The molecule has 1 aromatic rings. The van der Waals surface area contributed by atoms with Gasteiger partial charge in [0, 0.05) is 43.6 Å². The zero-order chi connectivity index (χ0) is 17.3. The highest BCUT2D eigenvalue weighted by Gasteiger charge is 2.33. The van der Waals surface area contributed by atoms with Crippen LogP contribution in [0.3, 0.4) is 0 Å². The van der Waals surface area contributed by atoms with Crippen LogP contribution in [0.2, 0.25) is 0 Å². The Morgan fingerprint density at radius 3 is 2.62 bits per heavy atom. The molecule has 0 aromatic carbocycles. The third-order valence-electron chi connectivity index (χ3n) is 5.06. The maximum Gasteiger partial charge on any atom is 0.220 e. The largest absolute Gasteiger partial charge is 0.352 e. The lowest BCUT2D eigenvalue weighted by atomic mass is 9.92. The van der Waals surface area contributed by atoms with E-state index in [2.05, 4.69) is 65.3 Å². The molecule has 2 aliphatic heterocycles. The molecule has 24 heavy (non-hydrogen) atoms. The van der Waals surface area contributed by atoms with Crippen LogP contribution in [0.1, 0.15) is 45.7 Å². The van der Waals surface area contributed by atoms with Gasteiger partial charge >= 0.3 is 0 Å². The van der Waals surface area contributed by atoms with E-state index in [0.29, 0.717) is 18.5 Å². The van der Waals surface area contributed by atoms with E-state index in [1.807, 2.05) is 0 Å². The Kier molecular flexibility index (Phi) is 4.76. The van der Waals surface area contributed by atoms with Gasteiger partial charge in [-0.25, -0.2) is 0 Å². The molecular weight excluding hydrogens is 302 g/mol. The molecule has 1 aromatic heterocycles. The van der Waals surface area contributed by atoms with Crippen molar-refractivity contribution in [3.63, 3.8) is 0 Å². The van der Waals surface area contributed by atoms with Crippen LogP contribution in [-0.4, -0.2) is 59.8 Å². The van der Waals surface area contributed by atoms with E-state index in [0.717, 1.165) is 44.0 Å². The highest BCUT2D eigenvalue weighted by atomic mass is 16.1. The second kappa shape index (κ2) is 6.67.